The van der Waals surface area contributed by atoms with Crippen molar-refractivity contribution in [1.82, 2.24) is 10.2 Å². The molecule has 2 heterocycles. The van der Waals surface area contributed by atoms with Crippen LogP contribution in [-0.2, 0) is 14.3 Å². The van der Waals surface area contributed by atoms with E-state index < -0.39 is 0 Å². The van der Waals surface area contributed by atoms with Crippen LogP contribution in [0.5, 0.6) is 0 Å². The molecule has 0 aliphatic carbocycles. The molecule has 3 N–H and O–H groups in total. The maximum Gasteiger partial charge on any atom is 0.251 e. The highest BCUT2D eigenvalue weighted by Crippen LogP contribution is 2.22. The molecule has 0 aromatic heterocycles. The summed E-state index contributed by atoms with van der Waals surface area (Å²) in [5.41, 5.74) is 5.58. The van der Waals surface area contributed by atoms with Gasteiger partial charge in [0.25, 0.3) is 5.91 Å². The van der Waals surface area contributed by atoms with E-state index in [2.05, 4.69) is 5.32 Å². The lowest BCUT2D eigenvalue weighted by molar-refractivity contribution is -0.144. The Morgan fingerprint density at radius 1 is 1.33 bits per heavy atom. The lowest BCUT2D eigenvalue weighted by Crippen LogP contribution is -2.52. The van der Waals surface area contributed by atoms with Crippen molar-refractivity contribution in [3.63, 3.8) is 0 Å². The predicted molar refractivity (Wildman–Crippen MR) is 79.5 cm³/mol. The zero-order chi connectivity index (χ0) is 15.4. The second-order valence-electron chi connectivity index (χ2n) is 6.35. The van der Waals surface area contributed by atoms with Crippen LogP contribution in [0.3, 0.4) is 0 Å². The van der Waals surface area contributed by atoms with Crippen LogP contribution >= 0.6 is 0 Å². The summed E-state index contributed by atoms with van der Waals surface area (Å²) < 4.78 is 5.68. The minimum Gasteiger partial charge on any atom is -0.364 e. The van der Waals surface area contributed by atoms with Gasteiger partial charge >= 0.3 is 0 Å². The van der Waals surface area contributed by atoms with Gasteiger partial charge in [0.1, 0.15) is 6.10 Å². The largest absolute Gasteiger partial charge is 0.364 e. The van der Waals surface area contributed by atoms with Gasteiger partial charge < -0.3 is 20.7 Å². The van der Waals surface area contributed by atoms with E-state index in [1.54, 1.807) is 0 Å². The molecule has 2 amide bonds. The molecular weight excluding hydrogens is 270 g/mol. The number of hydrogen-bond acceptors (Lipinski definition) is 4. The summed E-state index contributed by atoms with van der Waals surface area (Å²) in [6, 6.07) is 0.0595. The predicted octanol–water partition coefficient (Wildman–Crippen LogP) is 0.256. The maximum atomic E-state index is 12.5. The number of carbonyl (C=O) groups excluding carboxylic acids is 2. The third-order valence-electron chi connectivity index (χ3n) is 4.25. The molecule has 2 rings (SSSR count). The second-order valence-corrected chi connectivity index (χ2v) is 6.35. The van der Waals surface area contributed by atoms with Crippen LogP contribution in [0.4, 0.5) is 0 Å². The van der Waals surface area contributed by atoms with Gasteiger partial charge in [0.15, 0.2) is 0 Å². The van der Waals surface area contributed by atoms with Gasteiger partial charge in [-0.15, -0.1) is 0 Å². The number of amides is 2. The topological polar surface area (TPSA) is 84.7 Å². The number of nitrogens with one attached hydrogen (secondary N) is 1. The van der Waals surface area contributed by atoms with Gasteiger partial charge in [-0.05, 0) is 25.7 Å². The quantitative estimate of drug-likeness (QED) is 0.779. The van der Waals surface area contributed by atoms with Crippen molar-refractivity contribution >= 4 is 11.8 Å². The average molecular weight is 297 g/mol. The number of piperidine rings is 1. The van der Waals surface area contributed by atoms with Crippen LogP contribution in [0.2, 0.25) is 0 Å². The molecule has 3 atom stereocenters. The van der Waals surface area contributed by atoms with E-state index in [4.69, 9.17) is 10.5 Å². The third-order valence-corrected chi connectivity index (χ3v) is 4.25. The van der Waals surface area contributed by atoms with Crippen LogP contribution in [0, 0.1) is 5.92 Å². The number of rotatable bonds is 4. The summed E-state index contributed by atoms with van der Waals surface area (Å²) in [4.78, 5) is 26.1. The van der Waals surface area contributed by atoms with Crippen molar-refractivity contribution in [1.29, 1.82) is 0 Å². The zero-order valence-corrected chi connectivity index (χ0v) is 13.0. The smallest absolute Gasteiger partial charge is 0.251 e. The number of carbonyl (C=O) groups is 2. The van der Waals surface area contributed by atoms with Crippen molar-refractivity contribution in [3.8, 4) is 0 Å². The van der Waals surface area contributed by atoms with Gasteiger partial charge in [-0.2, -0.15) is 0 Å². The molecule has 1 unspecified atom stereocenters. The first kappa shape index (κ1) is 16.2. The molecule has 6 nitrogen and oxygen atoms in total. The molecule has 0 bridgehead atoms. The Balaban J connectivity index is 1.86. The van der Waals surface area contributed by atoms with Crippen molar-refractivity contribution < 1.29 is 14.3 Å². The minimum absolute atomic E-state index is 0.0141. The molecule has 21 heavy (non-hydrogen) atoms. The molecule has 2 aliphatic rings. The van der Waals surface area contributed by atoms with Crippen LogP contribution in [0.15, 0.2) is 0 Å². The van der Waals surface area contributed by atoms with Gasteiger partial charge in [0.05, 0.1) is 6.10 Å². The van der Waals surface area contributed by atoms with E-state index >= 15 is 0 Å². The zero-order valence-electron chi connectivity index (χ0n) is 13.0. The highest BCUT2D eigenvalue weighted by Gasteiger charge is 2.35. The number of likely N-dealkylation sites (tertiary alicyclic amines) is 1. The molecule has 2 aliphatic heterocycles. The first-order valence-corrected chi connectivity index (χ1v) is 7.96. The monoisotopic (exact) mass is 297 g/mol. The fraction of sp³-hybridized carbons (Fsp3) is 0.867. The highest BCUT2D eigenvalue weighted by atomic mass is 16.5. The lowest BCUT2D eigenvalue weighted by atomic mass is 10.0. The first-order valence-electron chi connectivity index (χ1n) is 7.96. The Labute approximate surface area is 126 Å². The summed E-state index contributed by atoms with van der Waals surface area (Å²) in [6.07, 6.45) is 3.12. The number of nitrogens with two attached hydrogens (primary N) is 1. The summed E-state index contributed by atoms with van der Waals surface area (Å²) >= 11 is 0. The lowest BCUT2D eigenvalue weighted by Gasteiger charge is -2.34. The minimum atomic E-state index is -0.349. The van der Waals surface area contributed by atoms with E-state index in [1.165, 1.54) is 0 Å². The van der Waals surface area contributed by atoms with Crippen molar-refractivity contribution in [2.45, 2.75) is 57.8 Å². The van der Waals surface area contributed by atoms with Crippen molar-refractivity contribution in [2.24, 2.45) is 11.7 Å². The van der Waals surface area contributed by atoms with E-state index in [1.807, 2.05) is 18.7 Å². The third kappa shape index (κ3) is 4.17. The molecule has 0 radical (unpaired) electrons. The number of nitrogens with zero attached hydrogens (tertiary/aromatic N) is 1. The van der Waals surface area contributed by atoms with E-state index in [0.29, 0.717) is 13.1 Å². The fourth-order valence-corrected chi connectivity index (χ4v) is 2.93. The Bertz CT molecular complexity index is 386. The van der Waals surface area contributed by atoms with Gasteiger partial charge in [-0.3, -0.25) is 9.59 Å². The summed E-state index contributed by atoms with van der Waals surface area (Å²) in [6.45, 7) is 5.56. The molecule has 0 spiro atoms. The molecule has 0 aromatic carbocycles. The van der Waals surface area contributed by atoms with Gasteiger partial charge in [-0.25, -0.2) is 0 Å². The summed E-state index contributed by atoms with van der Waals surface area (Å²) in [5.74, 6) is 0.0728. The van der Waals surface area contributed by atoms with Crippen LogP contribution in [-0.4, -0.2) is 54.6 Å². The second kappa shape index (κ2) is 7.22. The molecule has 0 aromatic rings. The summed E-state index contributed by atoms with van der Waals surface area (Å²) in [7, 11) is 0. The standard InChI is InChI=1S/C15H27N3O3/c1-10(2)14(19)17-11-4-3-7-18(9-11)15(20)13-6-5-12(8-16)21-13/h10-13H,3-9,16H2,1-2H3,(H,17,19)/t11?,12-,13+/m1/s1. The van der Waals surface area contributed by atoms with Crippen LogP contribution in [0.25, 0.3) is 0 Å². The Morgan fingerprint density at radius 2 is 2.10 bits per heavy atom. The number of ether oxygens (including phenoxy) is 1. The fourth-order valence-electron chi connectivity index (χ4n) is 2.93. The van der Waals surface area contributed by atoms with Gasteiger partial charge in [0, 0.05) is 31.6 Å². The molecule has 120 valence electrons. The van der Waals surface area contributed by atoms with Crippen LogP contribution < -0.4 is 11.1 Å². The van der Waals surface area contributed by atoms with E-state index in [9.17, 15) is 9.59 Å². The summed E-state index contributed by atoms with van der Waals surface area (Å²) in [5, 5.41) is 3.02. The molecular formula is C15H27N3O3. The molecule has 0 saturated carbocycles. The Morgan fingerprint density at radius 3 is 2.71 bits per heavy atom. The first-order chi connectivity index (χ1) is 10.0. The Hall–Kier alpha value is -1.14. The van der Waals surface area contributed by atoms with Crippen LogP contribution in [0.1, 0.15) is 39.5 Å². The number of hydrogen-bond donors (Lipinski definition) is 2. The SMILES string of the molecule is CC(C)C(=O)NC1CCCN(C(=O)[C@@H]2CC[C@H](CN)O2)C1. The molecule has 2 saturated heterocycles. The average Bonchev–Trinajstić information content (AvgIpc) is 2.95. The maximum absolute atomic E-state index is 12.5. The van der Waals surface area contributed by atoms with Crippen molar-refractivity contribution in [2.75, 3.05) is 19.6 Å². The Kier molecular flexibility index (Phi) is 5.58. The van der Waals surface area contributed by atoms with Crippen molar-refractivity contribution in [3.05, 3.63) is 0 Å². The van der Waals surface area contributed by atoms with E-state index in [-0.39, 0.29) is 36.0 Å². The van der Waals surface area contributed by atoms with Gasteiger partial charge in [-0.1, -0.05) is 13.8 Å². The molecule has 2 fully saturated rings. The molecule has 6 heteroatoms. The normalized spacial score (nSPS) is 29.7. The van der Waals surface area contributed by atoms with E-state index in [0.717, 1.165) is 32.2 Å². The van der Waals surface area contributed by atoms with Gasteiger partial charge in [0.2, 0.25) is 5.91 Å². The highest BCUT2D eigenvalue weighted by molar-refractivity contribution is 5.82.